The summed E-state index contributed by atoms with van der Waals surface area (Å²) < 4.78 is 5.48. The molecule has 0 aromatic rings. The van der Waals surface area contributed by atoms with Crippen LogP contribution < -0.4 is 0 Å². The molecule has 2 aliphatic rings. The van der Waals surface area contributed by atoms with Crippen molar-refractivity contribution in [3.05, 3.63) is 12.7 Å². The lowest BCUT2D eigenvalue weighted by Gasteiger charge is -2.38. The highest BCUT2D eigenvalue weighted by molar-refractivity contribution is 5.81. The average Bonchev–Trinajstić information content (AvgIpc) is 2.50. The lowest BCUT2D eigenvalue weighted by Crippen LogP contribution is -2.38. The minimum absolute atomic E-state index is 0.0942. The molecule has 2 fully saturated rings. The summed E-state index contributed by atoms with van der Waals surface area (Å²) in [5.41, 5.74) is 0.468. The summed E-state index contributed by atoms with van der Waals surface area (Å²) >= 11 is 0. The minimum atomic E-state index is -0.274. The van der Waals surface area contributed by atoms with Crippen LogP contribution in [-0.4, -0.2) is 12.1 Å². The third-order valence-electron chi connectivity index (χ3n) is 5.14. The van der Waals surface area contributed by atoms with E-state index in [1.54, 1.807) is 0 Å². The zero-order valence-electron chi connectivity index (χ0n) is 9.88. The van der Waals surface area contributed by atoms with Gasteiger partial charge in [0.05, 0.1) is 0 Å². The van der Waals surface area contributed by atoms with Crippen LogP contribution in [0.3, 0.4) is 0 Å². The van der Waals surface area contributed by atoms with Gasteiger partial charge in [0.2, 0.25) is 0 Å². The topological polar surface area (TPSA) is 26.3 Å². The van der Waals surface area contributed by atoms with Crippen molar-refractivity contribution in [2.75, 3.05) is 0 Å². The number of hydrogen-bond acceptors (Lipinski definition) is 2. The summed E-state index contributed by atoms with van der Waals surface area (Å²) in [6.45, 7) is 10.3. The van der Waals surface area contributed by atoms with Gasteiger partial charge >= 0.3 is 5.97 Å². The standard InChI is InChI=1S/C13H20O2/c1-5-11(14)15-10-8-9-6-7-13(10,4)12(9,2)3/h5,9-10H,1,6-8H2,2-4H3/t9-,10?,13-/m0/s1. The summed E-state index contributed by atoms with van der Waals surface area (Å²) in [5.74, 6) is 0.440. The van der Waals surface area contributed by atoms with Crippen LogP contribution in [0.25, 0.3) is 0 Å². The molecule has 3 atom stereocenters. The first-order chi connectivity index (χ1) is 6.91. The van der Waals surface area contributed by atoms with Crippen LogP contribution in [0.1, 0.15) is 40.0 Å². The highest BCUT2D eigenvalue weighted by Crippen LogP contribution is 2.66. The molecule has 2 bridgehead atoms. The SMILES string of the molecule is C=CC(=O)OC1C[C@@H]2CC[C@]1(C)C2(C)C. The molecule has 2 rings (SSSR count). The maximum Gasteiger partial charge on any atom is 0.330 e. The Morgan fingerprint density at radius 2 is 2.13 bits per heavy atom. The molecule has 0 amide bonds. The van der Waals surface area contributed by atoms with Crippen molar-refractivity contribution in [2.24, 2.45) is 16.7 Å². The molecule has 2 nitrogen and oxygen atoms in total. The molecule has 0 heterocycles. The van der Waals surface area contributed by atoms with E-state index in [4.69, 9.17) is 4.74 Å². The molecule has 2 saturated carbocycles. The molecule has 0 aliphatic heterocycles. The van der Waals surface area contributed by atoms with Gasteiger partial charge in [0.1, 0.15) is 6.10 Å². The van der Waals surface area contributed by atoms with E-state index >= 15 is 0 Å². The zero-order chi connectivity index (χ0) is 11.3. The van der Waals surface area contributed by atoms with Gasteiger partial charge in [0.25, 0.3) is 0 Å². The van der Waals surface area contributed by atoms with Gasteiger partial charge < -0.3 is 4.74 Å². The molecule has 1 unspecified atom stereocenters. The van der Waals surface area contributed by atoms with Crippen LogP contribution in [0.4, 0.5) is 0 Å². The van der Waals surface area contributed by atoms with Gasteiger partial charge in [-0.15, -0.1) is 0 Å². The second-order valence-corrected chi connectivity index (χ2v) is 5.74. The maximum atomic E-state index is 11.3. The molecule has 0 saturated heterocycles. The van der Waals surface area contributed by atoms with E-state index in [1.807, 2.05) is 0 Å². The van der Waals surface area contributed by atoms with Crippen molar-refractivity contribution < 1.29 is 9.53 Å². The van der Waals surface area contributed by atoms with Gasteiger partial charge in [-0.3, -0.25) is 0 Å². The van der Waals surface area contributed by atoms with Gasteiger partial charge in [-0.25, -0.2) is 4.79 Å². The number of esters is 1. The summed E-state index contributed by atoms with van der Waals surface area (Å²) in [4.78, 5) is 11.3. The third kappa shape index (κ3) is 1.27. The molecule has 2 aliphatic carbocycles. The van der Waals surface area contributed by atoms with E-state index in [0.717, 1.165) is 6.42 Å². The molecular formula is C13H20O2. The molecule has 0 aromatic heterocycles. The monoisotopic (exact) mass is 208 g/mol. The number of carbonyl (C=O) groups excluding carboxylic acids is 1. The second kappa shape index (κ2) is 3.10. The molecule has 84 valence electrons. The fourth-order valence-corrected chi connectivity index (χ4v) is 3.50. The fourth-order valence-electron chi connectivity index (χ4n) is 3.50. The Kier molecular flexibility index (Phi) is 2.21. The molecule has 0 N–H and O–H groups in total. The predicted octanol–water partition coefficient (Wildman–Crippen LogP) is 2.93. The number of ether oxygens (including phenoxy) is 1. The van der Waals surface area contributed by atoms with Gasteiger partial charge in [0.15, 0.2) is 0 Å². The number of hydrogen-bond donors (Lipinski definition) is 0. The Morgan fingerprint density at radius 1 is 1.47 bits per heavy atom. The van der Waals surface area contributed by atoms with Gasteiger partial charge in [-0.1, -0.05) is 27.4 Å². The number of fused-ring (bicyclic) bond motifs is 2. The highest BCUT2D eigenvalue weighted by atomic mass is 16.5. The molecule has 15 heavy (non-hydrogen) atoms. The van der Waals surface area contributed by atoms with E-state index in [-0.39, 0.29) is 17.5 Å². The average molecular weight is 208 g/mol. The Balaban J connectivity index is 2.19. The lowest BCUT2D eigenvalue weighted by atomic mass is 9.70. The van der Waals surface area contributed by atoms with Crippen LogP contribution in [0.5, 0.6) is 0 Å². The Hall–Kier alpha value is -0.790. The quantitative estimate of drug-likeness (QED) is 0.515. The minimum Gasteiger partial charge on any atom is -0.459 e. The Morgan fingerprint density at radius 3 is 2.53 bits per heavy atom. The van der Waals surface area contributed by atoms with E-state index in [9.17, 15) is 4.79 Å². The number of rotatable bonds is 2. The molecule has 0 aromatic carbocycles. The summed E-state index contributed by atoms with van der Waals surface area (Å²) in [6, 6.07) is 0. The van der Waals surface area contributed by atoms with Crippen LogP contribution in [0.15, 0.2) is 12.7 Å². The first-order valence-corrected chi connectivity index (χ1v) is 5.75. The Bertz CT molecular complexity index is 306. The molecule has 0 radical (unpaired) electrons. The van der Waals surface area contributed by atoms with Crippen LogP contribution in [-0.2, 0) is 9.53 Å². The van der Waals surface area contributed by atoms with Crippen molar-refractivity contribution in [3.8, 4) is 0 Å². The van der Waals surface area contributed by atoms with Gasteiger partial charge in [0, 0.05) is 11.5 Å². The van der Waals surface area contributed by atoms with Crippen molar-refractivity contribution >= 4 is 5.97 Å². The fraction of sp³-hybridized carbons (Fsp3) is 0.769. The summed E-state index contributed by atoms with van der Waals surface area (Å²) in [7, 11) is 0. The van der Waals surface area contributed by atoms with E-state index in [0.29, 0.717) is 11.3 Å². The summed E-state index contributed by atoms with van der Waals surface area (Å²) in [5, 5.41) is 0. The second-order valence-electron chi connectivity index (χ2n) is 5.74. The predicted molar refractivity (Wildman–Crippen MR) is 59.3 cm³/mol. The normalized spacial score (nSPS) is 41.5. The lowest BCUT2D eigenvalue weighted by molar-refractivity contribution is -0.150. The van der Waals surface area contributed by atoms with Gasteiger partial charge in [-0.2, -0.15) is 0 Å². The molecule has 0 spiro atoms. The van der Waals surface area contributed by atoms with Crippen molar-refractivity contribution in [1.82, 2.24) is 0 Å². The van der Waals surface area contributed by atoms with Crippen molar-refractivity contribution in [1.29, 1.82) is 0 Å². The first-order valence-electron chi connectivity index (χ1n) is 5.75. The van der Waals surface area contributed by atoms with E-state index < -0.39 is 0 Å². The third-order valence-corrected chi connectivity index (χ3v) is 5.14. The van der Waals surface area contributed by atoms with Crippen molar-refractivity contribution in [2.45, 2.75) is 46.1 Å². The van der Waals surface area contributed by atoms with Crippen LogP contribution in [0.2, 0.25) is 0 Å². The summed E-state index contributed by atoms with van der Waals surface area (Å²) in [6.07, 6.45) is 4.85. The number of carbonyl (C=O) groups is 1. The van der Waals surface area contributed by atoms with E-state index in [2.05, 4.69) is 27.4 Å². The zero-order valence-corrected chi connectivity index (χ0v) is 9.88. The van der Waals surface area contributed by atoms with E-state index in [1.165, 1.54) is 18.9 Å². The van der Waals surface area contributed by atoms with Crippen molar-refractivity contribution in [3.63, 3.8) is 0 Å². The maximum absolute atomic E-state index is 11.3. The Labute approximate surface area is 91.7 Å². The smallest absolute Gasteiger partial charge is 0.330 e. The highest BCUT2D eigenvalue weighted by Gasteiger charge is 2.62. The molecular weight excluding hydrogens is 188 g/mol. The van der Waals surface area contributed by atoms with Gasteiger partial charge in [-0.05, 0) is 30.6 Å². The van der Waals surface area contributed by atoms with Crippen LogP contribution in [0, 0.1) is 16.7 Å². The molecule has 2 heteroatoms. The van der Waals surface area contributed by atoms with Crippen LogP contribution >= 0.6 is 0 Å². The first kappa shape index (κ1) is 10.7. The largest absolute Gasteiger partial charge is 0.459 e.